The second kappa shape index (κ2) is 7.82. The monoisotopic (exact) mass is 416 g/mol. The molecule has 0 fully saturated rings. The number of phenolic OH excluding ortho intramolecular Hbond substituents is 1. The van der Waals surface area contributed by atoms with Gasteiger partial charge in [-0.15, -0.1) is 0 Å². The van der Waals surface area contributed by atoms with Gasteiger partial charge in [-0.3, -0.25) is 0 Å². The lowest BCUT2D eigenvalue weighted by atomic mass is 9.78. The van der Waals surface area contributed by atoms with Crippen LogP contribution >= 0.6 is 0 Å². The Kier molecular flexibility index (Phi) is 6.19. The minimum absolute atomic E-state index is 0.194. The van der Waals surface area contributed by atoms with E-state index < -0.39 is 10.0 Å². The molecule has 2 aromatic rings. The summed E-state index contributed by atoms with van der Waals surface area (Å²) < 4.78 is 26.5. The molecule has 6 heteroatoms. The molecule has 0 atom stereocenters. The minimum atomic E-state index is -3.73. The van der Waals surface area contributed by atoms with Crippen LogP contribution in [0.15, 0.2) is 46.4 Å². The van der Waals surface area contributed by atoms with Crippen LogP contribution in [0.3, 0.4) is 0 Å². The number of nitrogens with zero attached hydrogens (tertiary/aromatic N) is 2. The van der Waals surface area contributed by atoms with E-state index in [0.717, 1.165) is 26.7 Å². The van der Waals surface area contributed by atoms with Gasteiger partial charge in [-0.1, -0.05) is 59.2 Å². The highest BCUT2D eigenvalue weighted by atomic mass is 32.2. The molecule has 0 aliphatic rings. The largest absolute Gasteiger partial charge is 0.507 e. The molecular weight excluding hydrogens is 384 g/mol. The molecule has 2 aromatic carbocycles. The van der Waals surface area contributed by atoms with Crippen molar-refractivity contribution < 1.29 is 13.5 Å². The van der Waals surface area contributed by atoms with Gasteiger partial charge in [-0.2, -0.15) is 17.9 Å². The molecule has 0 heterocycles. The summed E-state index contributed by atoms with van der Waals surface area (Å²) in [5.41, 5.74) is 2.79. The maximum absolute atomic E-state index is 12.7. The number of aromatic hydroxyl groups is 1. The average molecular weight is 417 g/mol. The Balaban J connectivity index is 2.47. The van der Waals surface area contributed by atoms with Crippen molar-refractivity contribution in [3.05, 3.63) is 58.7 Å². The van der Waals surface area contributed by atoms with E-state index in [1.807, 2.05) is 60.6 Å². The van der Waals surface area contributed by atoms with Crippen LogP contribution in [0.2, 0.25) is 0 Å². The average Bonchev–Trinajstić information content (AvgIpc) is 2.58. The Morgan fingerprint density at radius 1 is 0.931 bits per heavy atom. The standard InChI is InChI=1S/C23H32N2O3S/c1-16-9-11-18(12-10-16)29(27,28)25(8)24-15-17-13-19(22(2,3)4)21(26)20(14-17)23(5,6)7/h9-15,26H,1-8H3. The predicted octanol–water partition coefficient (Wildman–Crippen LogP) is 4.95. The van der Waals surface area contributed by atoms with E-state index in [9.17, 15) is 13.5 Å². The normalized spacial score (nSPS) is 13.1. The van der Waals surface area contributed by atoms with E-state index in [0.29, 0.717) is 0 Å². The molecule has 29 heavy (non-hydrogen) atoms. The number of hydrogen-bond donors (Lipinski definition) is 1. The topological polar surface area (TPSA) is 70.0 Å². The summed E-state index contributed by atoms with van der Waals surface area (Å²) in [6.45, 7) is 14.1. The van der Waals surface area contributed by atoms with E-state index >= 15 is 0 Å². The summed E-state index contributed by atoms with van der Waals surface area (Å²) in [5, 5.41) is 15.0. The Morgan fingerprint density at radius 2 is 1.38 bits per heavy atom. The molecule has 2 rings (SSSR count). The van der Waals surface area contributed by atoms with E-state index in [2.05, 4.69) is 5.10 Å². The van der Waals surface area contributed by atoms with E-state index in [4.69, 9.17) is 0 Å². The molecule has 0 saturated carbocycles. The van der Waals surface area contributed by atoms with Crippen LogP contribution in [0, 0.1) is 6.92 Å². The number of hydrogen-bond acceptors (Lipinski definition) is 4. The van der Waals surface area contributed by atoms with Gasteiger partial charge in [0.15, 0.2) is 0 Å². The lowest BCUT2D eigenvalue weighted by Gasteiger charge is -2.27. The third kappa shape index (κ3) is 5.18. The first-order chi connectivity index (χ1) is 13.1. The smallest absolute Gasteiger partial charge is 0.278 e. The van der Waals surface area contributed by atoms with Gasteiger partial charge >= 0.3 is 0 Å². The van der Waals surface area contributed by atoms with Crippen LogP contribution in [-0.4, -0.2) is 31.2 Å². The van der Waals surface area contributed by atoms with Crippen molar-refractivity contribution >= 4 is 16.2 Å². The van der Waals surface area contributed by atoms with E-state index in [-0.39, 0.29) is 21.5 Å². The summed E-state index contributed by atoms with van der Waals surface area (Å²) >= 11 is 0. The van der Waals surface area contributed by atoms with Gasteiger partial charge in [-0.05, 0) is 47.6 Å². The Bertz CT molecular complexity index is 975. The lowest BCUT2D eigenvalue weighted by molar-refractivity contribution is 0.423. The highest BCUT2D eigenvalue weighted by Crippen LogP contribution is 2.39. The number of rotatable bonds is 4. The quantitative estimate of drug-likeness (QED) is 0.566. The van der Waals surface area contributed by atoms with Gasteiger partial charge in [0.25, 0.3) is 10.0 Å². The fourth-order valence-corrected chi connectivity index (χ4v) is 3.90. The van der Waals surface area contributed by atoms with Crippen molar-refractivity contribution in [2.75, 3.05) is 7.05 Å². The van der Waals surface area contributed by atoms with Crippen LogP contribution in [0.5, 0.6) is 5.75 Å². The van der Waals surface area contributed by atoms with Crippen LogP contribution in [0.1, 0.15) is 63.8 Å². The van der Waals surface area contributed by atoms with Crippen LogP contribution in [0.25, 0.3) is 0 Å². The molecule has 5 nitrogen and oxygen atoms in total. The first-order valence-corrected chi connectivity index (χ1v) is 11.1. The summed E-state index contributed by atoms with van der Waals surface area (Å²) in [6, 6.07) is 10.4. The first-order valence-electron chi connectivity index (χ1n) is 9.61. The minimum Gasteiger partial charge on any atom is -0.507 e. The second-order valence-electron chi connectivity index (χ2n) is 9.46. The van der Waals surface area contributed by atoms with Crippen molar-refractivity contribution in [1.29, 1.82) is 0 Å². The third-order valence-corrected chi connectivity index (χ3v) is 6.44. The number of sulfonamides is 1. The zero-order chi connectivity index (χ0) is 22.2. The predicted molar refractivity (Wildman–Crippen MR) is 119 cm³/mol. The summed E-state index contributed by atoms with van der Waals surface area (Å²) in [5.74, 6) is 0.280. The zero-order valence-electron chi connectivity index (χ0n) is 18.6. The van der Waals surface area contributed by atoms with Gasteiger partial charge in [0.2, 0.25) is 0 Å². The van der Waals surface area contributed by atoms with E-state index in [1.165, 1.54) is 13.3 Å². The molecule has 0 radical (unpaired) electrons. The molecule has 0 amide bonds. The molecule has 0 aliphatic carbocycles. The fraction of sp³-hybridized carbons (Fsp3) is 0.435. The van der Waals surface area contributed by atoms with Crippen LogP contribution in [0.4, 0.5) is 0 Å². The Labute approximate surface area is 175 Å². The maximum Gasteiger partial charge on any atom is 0.278 e. The van der Waals surface area contributed by atoms with Crippen molar-refractivity contribution in [1.82, 2.24) is 4.41 Å². The molecule has 0 aliphatic heterocycles. The molecule has 0 saturated heterocycles. The summed E-state index contributed by atoms with van der Waals surface area (Å²) in [6.07, 6.45) is 1.52. The number of phenols is 1. The number of benzene rings is 2. The van der Waals surface area contributed by atoms with Gasteiger partial charge < -0.3 is 5.11 Å². The van der Waals surface area contributed by atoms with Gasteiger partial charge in [0.1, 0.15) is 5.75 Å². The second-order valence-corrected chi connectivity index (χ2v) is 11.4. The molecule has 158 valence electrons. The van der Waals surface area contributed by atoms with Crippen LogP contribution in [-0.2, 0) is 20.9 Å². The highest BCUT2D eigenvalue weighted by Gasteiger charge is 2.26. The number of hydrazone groups is 1. The number of aryl methyl sites for hydroxylation is 1. The fourth-order valence-electron chi connectivity index (χ4n) is 2.95. The zero-order valence-corrected chi connectivity index (χ0v) is 19.4. The van der Waals surface area contributed by atoms with E-state index in [1.54, 1.807) is 24.3 Å². The summed E-state index contributed by atoms with van der Waals surface area (Å²) in [4.78, 5) is 0.194. The molecule has 0 spiro atoms. The Morgan fingerprint density at radius 3 is 1.79 bits per heavy atom. The third-order valence-electron chi connectivity index (χ3n) is 4.78. The van der Waals surface area contributed by atoms with Crippen molar-refractivity contribution in [3.63, 3.8) is 0 Å². The molecule has 0 aromatic heterocycles. The van der Waals surface area contributed by atoms with Crippen molar-refractivity contribution in [3.8, 4) is 5.75 Å². The first kappa shape index (κ1) is 22.9. The molecular formula is C23H32N2O3S. The SMILES string of the molecule is Cc1ccc(S(=O)(=O)N(C)N=Cc2cc(C(C)(C)C)c(O)c(C(C)(C)C)c2)cc1. The molecule has 1 N–H and O–H groups in total. The maximum atomic E-state index is 12.7. The van der Waals surface area contributed by atoms with Gasteiger partial charge in [0, 0.05) is 18.2 Å². The van der Waals surface area contributed by atoms with Gasteiger partial charge in [0.05, 0.1) is 11.1 Å². The highest BCUT2D eigenvalue weighted by molar-refractivity contribution is 7.89. The Hall–Kier alpha value is -2.34. The van der Waals surface area contributed by atoms with Crippen molar-refractivity contribution in [2.24, 2.45) is 5.10 Å². The molecule has 0 bridgehead atoms. The lowest BCUT2D eigenvalue weighted by Crippen LogP contribution is -2.22. The summed E-state index contributed by atoms with van der Waals surface area (Å²) in [7, 11) is -2.31. The van der Waals surface area contributed by atoms with Crippen molar-refractivity contribution in [2.45, 2.75) is 64.2 Å². The molecule has 0 unspecified atom stereocenters. The van der Waals surface area contributed by atoms with Gasteiger partial charge in [-0.25, -0.2) is 0 Å². The van der Waals surface area contributed by atoms with Crippen LogP contribution < -0.4 is 0 Å².